The third-order valence-electron chi connectivity index (χ3n) is 2.74. The first-order valence-corrected chi connectivity index (χ1v) is 7.23. The largest absolute Gasteiger partial charge is 0.349 e. The molecule has 0 aliphatic rings. The molecule has 0 fully saturated rings. The van der Waals surface area contributed by atoms with E-state index in [9.17, 15) is 4.79 Å². The summed E-state index contributed by atoms with van der Waals surface area (Å²) in [5.74, 6) is 0.475. The van der Waals surface area contributed by atoms with Gasteiger partial charge in [0.15, 0.2) is 0 Å². The fourth-order valence-corrected chi connectivity index (χ4v) is 2.24. The lowest BCUT2D eigenvalue weighted by atomic mass is 9.94. The maximum atomic E-state index is 12.0. The van der Waals surface area contributed by atoms with Gasteiger partial charge in [-0.1, -0.05) is 42.8 Å². The molecule has 0 aliphatic carbocycles. The van der Waals surface area contributed by atoms with E-state index in [1.54, 1.807) is 0 Å². The van der Waals surface area contributed by atoms with Crippen LogP contribution in [0.3, 0.4) is 0 Å². The van der Waals surface area contributed by atoms with Crippen LogP contribution in [0.15, 0.2) is 22.7 Å². The van der Waals surface area contributed by atoms with E-state index in [1.807, 2.05) is 45.9 Å². The zero-order chi connectivity index (χ0) is 13.9. The van der Waals surface area contributed by atoms with Crippen LogP contribution in [0.2, 0.25) is 0 Å². The van der Waals surface area contributed by atoms with Crippen molar-refractivity contribution in [2.75, 3.05) is 0 Å². The molecule has 0 spiro atoms. The van der Waals surface area contributed by atoms with Crippen LogP contribution in [0.25, 0.3) is 0 Å². The number of hydrogen-bond acceptors (Lipinski definition) is 1. The molecule has 0 bridgehead atoms. The van der Waals surface area contributed by atoms with Crippen LogP contribution in [0.1, 0.15) is 44.9 Å². The number of halogens is 2. The van der Waals surface area contributed by atoms with Gasteiger partial charge in [0.2, 0.25) is 5.91 Å². The molecule has 0 heterocycles. The molecule has 1 N–H and O–H groups in total. The lowest BCUT2D eigenvalue weighted by Crippen LogP contribution is -2.36. The second-order valence-corrected chi connectivity index (χ2v) is 6.60. The Labute approximate surface area is 122 Å². The predicted octanol–water partition coefficient (Wildman–Crippen LogP) is 4.41. The lowest BCUT2D eigenvalue weighted by molar-refractivity contribution is -0.129. The second kappa shape index (κ2) is 6.07. The Bertz CT molecular complexity index is 440. The summed E-state index contributed by atoms with van der Waals surface area (Å²) in [5, 5.41) is 3.02. The Kier molecular flexibility index (Phi) is 5.23. The van der Waals surface area contributed by atoms with Gasteiger partial charge in [-0.3, -0.25) is 4.79 Å². The summed E-state index contributed by atoms with van der Waals surface area (Å²) < 4.78 is 0.997. The van der Waals surface area contributed by atoms with E-state index in [1.165, 1.54) is 0 Å². The number of benzene rings is 1. The Morgan fingerprint density at radius 2 is 2.06 bits per heavy atom. The predicted molar refractivity (Wildman–Crippen MR) is 79.7 cm³/mol. The van der Waals surface area contributed by atoms with Crippen molar-refractivity contribution in [2.45, 2.75) is 39.6 Å². The molecule has 0 aliphatic heterocycles. The standard InChI is InChI=1S/C14H19BrClNO/c1-9(17-13(18)14(2,3)4)12-6-5-11(15)7-10(12)8-16/h5-7,9H,8H2,1-4H3,(H,17,18)/t9-/m1/s1. The molecule has 18 heavy (non-hydrogen) atoms. The van der Waals surface area contributed by atoms with Gasteiger partial charge in [-0.15, -0.1) is 11.6 Å². The summed E-state index contributed by atoms with van der Waals surface area (Å²) in [5.41, 5.74) is 1.71. The van der Waals surface area contributed by atoms with Gasteiger partial charge in [0.1, 0.15) is 0 Å². The molecule has 2 nitrogen and oxygen atoms in total. The van der Waals surface area contributed by atoms with Crippen molar-refractivity contribution in [3.63, 3.8) is 0 Å². The minimum Gasteiger partial charge on any atom is -0.349 e. The Morgan fingerprint density at radius 3 is 2.56 bits per heavy atom. The van der Waals surface area contributed by atoms with Crippen LogP contribution >= 0.6 is 27.5 Å². The molecule has 0 saturated heterocycles. The van der Waals surface area contributed by atoms with E-state index in [4.69, 9.17) is 11.6 Å². The van der Waals surface area contributed by atoms with Crippen molar-refractivity contribution in [1.82, 2.24) is 5.32 Å². The van der Waals surface area contributed by atoms with Gasteiger partial charge in [0.05, 0.1) is 6.04 Å². The number of nitrogens with one attached hydrogen (secondary N) is 1. The first-order chi connectivity index (χ1) is 8.25. The Morgan fingerprint density at radius 1 is 1.44 bits per heavy atom. The van der Waals surface area contributed by atoms with Gasteiger partial charge in [0.25, 0.3) is 0 Å². The molecule has 0 radical (unpaired) electrons. The molecular weight excluding hydrogens is 314 g/mol. The van der Waals surface area contributed by atoms with Gasteiger partial charge >= 0.3 is 0 Å². The zero-order valence-corrected chi connectivity index (χ0v) is 13.5. The third kappa shape index (κ3) is 3.99. The molecule has 0 unspecified atom stereocenters. The monoisotopic (exact) mass is 331 g/mol. The number of carbonyl (C=O) groups is 1. The van der Waals surface area contributed by atoms with E-state index in [0.717, 1.165) is 15.6 Å². The number of amides is 1. The normalized spacial score (nSPS) is 13.2. The van der Waals surface area contributed by atoms with Crippen LogP contribution in [0, 0.1) is 5.41 Å². The van der Waals surface area contributed by atoms with Crippen molar-refractivity contribution >= 4 is 33.4 Å². The minimum absolute atomic E-state index is 0.0402. The maximum absolute atomic E-state index is 12.0. The third-order valence-corrected chi connectivity index (χ3v) is 3.53. The van der Waals surface area contributed by atoms with Crippen molar-refractivity contribution in [2.24, 2.45) is 5.41 Å². The van der Waals surface area contributed by atoms with E-state index in [-0.39, 0.29) is 17.4 Å². The molecule has 1 atom stereocenters. The fraction of sp³-hybridized carbons (Fsp3) is 0.500. The quantitative estimate of drug-likeness (QED) is 0.816. The minimum atomic E-state index is -0.384. The van der Waals surface area contributed by atoms with Gasteiger partial charge < -0.3 is 5.32 Å². The topological polar surface area (TPSA) is 29.1 Å². The molecule has 1 aromatic carbocycles. The average Bonchev–Trinajstić information content (AvgIpc) is 2.27. The van der Waals surface area contributed by atoms with E-state index in [2.05, 4.69) is 21.2 Å². The molecule has 100 valence electrons. The lowest BCUT2D eigenvalue weighted by Gasteiger charge is -2.23. The van der Waals surface area contributed by atoms with Crippen LogP contribution < -0.4 is 5.32 Å². The Balaban J connectivity index is 2.91. The smallest absolute Gasteiger partial charge is 0.225 e. The molecule has 0 saturated carbocycles. The number of alkyl halides is 1. The molecular formula is C14H19BrClNO. The Hall–Kier alpha value is -0.540. The van der Waals surface area contributed by atoms with Crippen LogP contribution in [0.5, 0.6) is 0 Å². The van der Waals surface area contributed by atoms with Gasteiger partial charge in [-0.05, 0) is 30.2 Å². The average molecular weight is 333 g/mol. The maximum Gasteiger partial charge on any atom is 0.225 e. The fourth-order valence-electron chi connectivity index (χ4n) is 1.60. The van der Waals surface area contributed by atoms with E-state index >= 15 is 0 Å². The SMILES string of the molecule is C[C@@H](NC(=O)C(C)(C)C)c1ccc(Br)cc1CCl. The van der Waals surface area contributed by atoms with Crippen molar-refractivity contribution in [3.8, 4) is 0 Å². The highest BCUT2D eigenvalue weighted by molar-refractivity contribution is 9.10. The van der Waals surface area contributed by atoms with E-state index < -0.39 is 0 Å². The molecule has 0 aromatic heterocycles. The van der Waals surface area contributed by atoms with Crippen molar-refractivity contribution in [3.05, 3.63) is 33.8 Å². The highest BCUT2D eigenvalue weighted by Crippen LogP contribution is 2.25. The highest BCUT2D eigenvalue weighted by Gasteiger charge is 2.23. The van der Waals surface area contributed by atoms with Gasteiger partial charge in [-0.25, -0.2) is 0 Å². The highest BCUT2D eigenvalue weighted by atomic mass is 79.9. The van der Waals surface area contributed by atoms with Crippen LogP contribution in [0.4, 0.5) is 0 Å². The summed E-state index contributed by atoms with van der Waals surface area (Å²) in [7, 11) is 0. The van der Waals surface area contributed by atoms with Crippen LogP contribution in [-0.4, -0.2) is 5.91 Å². The summed E-state index contributed by atoms with van der Waals surface area (Å²) in [6, 6.07) is 5.90. The summed E-state index contributed by atoms with van der Waals surface area (Å²) in [4.78, 5) is 12.0. The molecule has 1 aromatic rings. The first kappa shape index (κ1) is 15.5. The van der Waals surface area contributed by atoms with Gasteiger partial charge in [-0.2, -0.15) is 0 Å². The number of rotatable bonds is 3. The zero-order valence-electron chi connectivity index (χ0n) is 11.2. The summed E-state index contributed by atoms with van der Waals surface area (Å²) in [6.45, 7) is 7.68. The number of carbonyl (C=O) groups excluding carboxylic acids is 1. The van der Waals surface area contributed by atoms with Crippen molar-refractivity contribution < 1.29 is 4.79 Å². The van der Waals surface area contributed by atoms with Gasteiger partial charge in [0, 0.05) is 15.8 Å². The molecule has 4 heteroatoms. The number of hydrogen-bond donors (Lipinski definition) is 1. The summed E-state index contributed by atoms with van der Waals surface area (Å²) in [6.07, 6.45) is 0. The summed E-state index contributed by atoms with van der Waals surface area (Å²) >= 11 is 9.36. The van der Waals surface area contributed by atoms with Crippen molar-refractivity contribution in [1.29, 1.82) is 0 Å². The molecule has 1 amide bonds. The first-order valence-electron chi connectivity index (χ1n) is 5.91. The van der Waals surface area contributed by atoms with Crippen LogP contribution in [-0.2, 0) is 10.7 Å². The second-order valence-electron chi connectivity index (χ2n) is 5.42. The molecule has 1 rings (SSSR count). The van der Waals surface area contributed by atoms with E-state index in [0.29, 0.717) is 5.88 Å².